The van der Waals surface area contributed by atoms with Crippen LogP contribution in [0.2, 0.25) is 0 Å². The fourth-order valence-corrected chi connectivity index (χ4v) is 3.35. The van der Waals surface area contributed by atoms with E-state index in [0.717, 1.165) is 37.6 Å². The van der Waals surface area contributed by atoms with E-state index < -0.39 is 0 Å². The highest BCUT2D eigenvalue weighted by Gasteiger charge is 2.25. The Morgan fingerprint density at radius 3 is 2.68 bits per heavy atom. The molecule has 1 N–H and O–H groups in total. The maximum Gasteiger partial charge on any atom is 0.122 e. The van der Waals surface area contributed by atoms with Crippen molar-refractivity contribution in [1.29, 1.82) is 0 Å². The Morgan fingerprint density at radius 1 is 1.32 bits per heavy atom. The van der Waals surface area contributed by atoms with Gasteiger partial charge in [-0.3, -0.25) is 9.58 Å². The van der Waals surface area contributed by atoms with Crippen LogP contribution in [0.25, 0.3) is 0 Å². The largest absolute Gasteiger partial charge is 0.468 e. The molecule has 120 valence electrons. The SMILES string of the molecule is Cc1nn(C)c(C)c1CNCC(c1ccco1)N1CCCC1. The minimum atomic E-state index is 0.329. The van der Waals surface area contributed by atoms with E-state index in [4.69, 9.17) is 4.42 Å². The van der Waals surface area contributed by atoms with E-state index in [1.54, 1.807) is 6.26 Å². The molecule has 1 aliphatic rings. The van der Waals surface area contributed by atoms with Crippen LogP contribution >= 0.6 is 0 Å². The maximum absolute atomic E-state index is 5.66. The molecule has 1 atom stereocenters. The Morgan fingerprint density at radius 2 is 2.09 bits per heavy atom. The molecule has 22 heavy (non-hydrogen) atoms. The van der Waals surface area contributed by atoms with Gasteiger partial charge < -0.3 is 9.73 Å². The van der Waals surface area contributed by atoms with Gasteiger partial charge >= 0.3 is 0 Å². The number of nitrogens with one attached hydrogen (secondary N) is 1. The first-order chi connectivity index (χ1) is 10.7. The first-order valence-corrected chi connectivity index (χ1v) is 8.14. The molecule has 0 bridgehead atoms. The third-order valence-electron chi connectivity index (χ3n) is 4.75. The quantitative estimate of drug-likeness (QED) is 0.891. The van der Waals surface area contributed by atoms with Crippen molar-refractivity contribution in [3.05, 3.63) is 41.1 Å². The minimum absolute atomic E-state index is 0.329. The lowest BCUT2D eigenvalue weighted by molar-refractivity contribution is 0.209. The molecule has 0 spiro atoms. The van der Waals surface area contributed by atoms with Gasteiger partial charge in [-0.15, -0.1) is 0 Å². The zero-order valence-corrected chi connectivity index (χ0v) is 13.8. The van der Waals surface area contributed by atoms with Crippen LogP contribution in [0.5, 0.6) is 0 Å². The summed E-state index contributed by atoms with van der Waals surface area (Å²) in [5.41, 5.74) is 3.66. The topological polar surface area (TPSA) is 46.2 Å². The van der Waals surface area contributed by atoms with E-state index in [2.05, 4.69) is 35.2 Å². The number of rotatable bonds is 6. The first kappa shape index (κ1) is 15.3. The van der Waals surface area contributed by atoms with Gasteiger partial charge in [0, 0.05) is 31.4 Å². The van der Waals surface area contributed by atoms with E-state index in [9.17, 15) is 0 Å². The molecule has 3 rings (SSSR count). The van der Waals surface area contributed by atoms with E-state index in [1.165, 1.54) is 24.1 Å². The fourth-order valence-electron chi connectivity index (χ4n) is 3.35. The van der Waals surface area contributed by atoms with Gasteiger partial charge in [-0.05, 0) is 51.9 Å². The van der Waals surface area contributed by atoms with Crippen LogP contribution in [-0.2, 0) is 13.6 Å². The Bertz CT molecular complexity index is 596. The Kier molecular flexibility index (Phi) is 4.64. The van der Waals surface area contributed by atoms with Crippen LogP contribution in [0.4, 0.5) is 0 Å². The summed E-state index contributed by atoms with van der Waals surface area (Å²) in [7, 11) is 2.00. The number of furan rings is 1. The average molecular weight is 302 g/mol. The Hall–Kier alpha value is -1.59. The average Bonchev–Trinajstić information content (AvgIpc) is 3.23. The highest BCUT2D eigenvalue weighted by molar-refractivity contribution is 5.24. The van der Waals surface area contributed by atoms with Crippen molar-refractivity contribution >= 4 is 0 Å². The van der Waals surface area contributed by atoms with Crippen molar-refractivity contribution in [3.63, 3.8) is 0 Å². The molecule has 3 heterocycles. The Balaban J connectivity index is 1.64. The van der Waals surface area contributed by atoms with Crippen molar-refractivity contribution in [2.24, 2.45) is 7.05 Å². The van der Waals surface area contributed by atoms with Crippen LogP contribution in [0.3, 0.4) is 0 Å². The molecule has 0 amide bonds. The van der Waals surface area contributed by atoms with E-state index in [0.29, 0.717) is 6.04 Å². The van der Waals surface area contributed by atoms with Gasteiger partial charge in [0.15, 0.2) is 0 Å². The second kappa shape index (κ2) is 6.67. The third kappa shape index (κ3) is 3.10. The number of aromatic nitrogens is 2. The highest BCUT2D eigenvalue weighted by Crippen LogP contribution is 2.25. The molecule has 1 aliphatic heterocycles. The smallest absolute Gasteiger partial charge is 0.122 e. The lowest BCUT2D eigenvalue weighted by atomic mass is 10.1. The molecule has 1 fully saturated rings. The van der Waals surface area contributed by atoms with E-state index in [-0.39, 0.29) is 0 Å². The summed E-state index contributed by atoms with van der Waals surface area (Å²) < 4.78 is 7.62. The summed E-state index contributed by atoms with van der Waals surface area (Å²) in [5, 5.41) is 8.09. The molecule has 1 unspecified atom stereocenters. The third-order valence-corrected chi connectivity index (χ3v) is 4.75. The second-order valence-electron chi connectivity index (χ2n) is 6.18. The van der Waals surface area contributed by atoms with Gasteiger partial charge in [-0.25, -0.2) is 0 Å². The van der Waals surface area contributed by atoms with Gasteiger partial charge in [0.1, 0.15) is 5.76 Å². The van der Waals surface area contributed by atoms with Crippen molar-refractivity contribution in [2.75, 3.05) is 19.6 Å². The van der Waals surface area contributed by atoms with Crippen LogP contribution in [-0.4, -0.2) is 34.3 Å². The van der Waals surface area contributed by atoms with Gasteiger partial charge in [0.2, 0.25) is 0 Å². The van der Waals surface area contributed by atoms with Crippen LogP contribution in [0, 0.1) is 13.8 Å². The molecule has 0 aromatic carbocycles. The molecular weight excluding hydrogens is 276 g/mol. The maximum atomic E-state index is 5.66. The lowest BCUT2D eigenvalue weighted by Gasteiger charge is -2.26. The number of hydrogen-bond acceptors (Lipinski definition) is 4. The zero-order valence-electron chi connectivity index (χ0n) is 13.8. The Labute approximate surface area is 132 Å². The van der Waals surface area contributed by atoms with Crippen LogP contribution in [0.1, 0.15) is 41.6 Å². The van der Waals surface area contributed by atoms with Crippen molar-refractivity contribution in [3.8, 4) is 0 Å². The minimum Gasteiger partial charge on any atom is -0.468 e. The molecule has 2 aromatic rings. The van der Waals surface area contributed by atoms with Crippen molar-refractivity contribution in [2.45, 2.75) is 39.3 Å². The standard InChI is InChI=1S/C17H26N4O/c1-13-15(14(2)20(3)19-13)11-18-12-16(17-7-6-10-22-17)21-8-4-5-9-21/h6-7,10,16,18H,4-5,8-9,11-12H2,1-3H3. The zero-order chi connectivity index (χ0) is 15.5. The van der Waals surface area contributed by atoms with Gasteiger partial charge in [-0.1, -0.05) is 0 Å². The molecule has 2 aromatic heterocycles. The molecule has 5 heteroatoms. The van der Waals surface area contributed by atoms with E-state index in [1.807, 2.05) is 17.8 Å². The van der Waals surface area contributed by atoms with Crippen LogP contribution < -0.4 is 5.32 Å². The van der Waals surface area contributed by atoms with Gasteiger partial charge in [0.25, 0.3) is 0 Å². The summed E-state index contributed by atoms with van der Waals surface area (Å²) in [4.78, 5) is 2.52. The number of nitrogens with zero attached hydrogens (tertiary/aromatic N) is 3. The van der Waals surface area contributed by atoms with Gasteiger partial charge in [-0.2, -0.15) is 5.10 Å². The summed E-state index contributed by atoms with van der Waals surface area (Å²) in [6.45, 7) is 8.30. The fraction of sp³-hybridized carbons (Fsp3) is 0.588. The summed E-state index contributed by atoms with van der Waals surface area (Å²) in [6, 6.07) is 4.40. The second-order valence-corrected chi connectivity index (χ2v) is 6.18. The van der Waals surface area contributed by atoms with Crippen molar-refractivity contribution in [1.82, 2.24) is 20.0 Å². The lowest BCUT2D eigenvalue weighted by Crippen LogP contribution is -2.33. The monoisotopic (exact) mass is 302 g/mol. The molecule has 0 radical (unpaired) electrons. The predicted molar refractivity (Wildman–Crippen MR) is 86.6 cm³/mol. The summed E-state index contributed by atoms with van der Waals surface area (Å²) in [6.07, 6.45) is 4.35. The predicted octanol–water partition coefficient (Wildman–Crippen LogP) is 2.56. The summed E-state index contributed by atoms with van der Waals surface area (Å²) >= 11 is 0. The van der Waals surface area contributed by atoms with Crippen LogP contribution in [0.15, 0.2) is 22.8 Å². The first-order valence-electron chi connectivity index (χ1n) is 8.14. The van der Waals surface area contributed by atoms with E-state index >= 15 is 0 Å². The van der Waals surface area contributed by atoms with Gasteiger partial charge in [0.05, 0.1) is 18.0 Å². The molecule has 0 saturated carbocycles. The summed E-state index contributed by atoms with van der Waals surface area (Å²) in [5.74, 6) is 1.06. The highest BCUT2D eigenvalue weighted by atomic mass is 16.3. The molecular formula is C17H26N4O. The number of aryl methyl sites for hydroxylation is 2. The molecule has 5 nitrogen and oxygen atoms in total. The van der Waals surface area contributed by atoms with Crippen molar-refractivity contribution < 1.29 is 4.42 Å². The molecule has 1 saturated heterocycles. The molecule has 0 aliphatic carbocycles. The number of likely N-dealkylation sites (tertiary alicyclic amines) is 1. The normalized spacial score (nSPS) is 17.2. The number of hydrogen-bond donors (Lipinski definition) is 1.